The van der Waals surface area contributed by atoms with Crippen molar-refractivity contribution in [2.45, 2.75) is 38.7 Å². The van der Waals surface area contributed by atoms with Gasteiger partial charge in [0.05, 0.1) is 19.3 Å². The summed E-state index contributed by atoms with van der Waals surface area (Å²) in [5.74, 6) is 0.132. The lowest BCUT2D eigenvalue weighted by atomic mass is 9.66. The van der Waals surface area contributed by atoms with Gasteiger partial charge in [-0.1, -0.05) is 13.8 Å². The van der Waals surface area contributed by atoms with Gasteiger partial charge >= 0.3 is 5.97 Å². The standard InChI is InChI=1S/C19H23NO4/c1-17-11-24-19(10-13(17)8-9-18(17,19)2)16(22)20-14-6-4-12(5-7-14)15(21)23-3/h4-7,13H,8-11H2,1-3H3,(H,20,22)/t13-,17-,18-,19-/m0/s1. The molecule has 1 aliphatic heterocycles. The number of methoxy groups -OCH3 is 1. The molecule has 1 heterocycles. The second-order valence-electron chi connectivity index (χ2n) is 7.83. The first kappa shape index (κ1) is 15.6. The third-order valence-corrected chi connectivity index (χ3v) is 7.13. The van der Waals surface area contributed by atoms with Crippen LogP contribution in [0.5, 0.6) is 0 Å². The van der Waals surface area contributed by atoms with Crippen LogP contribution in [0.15, 0.2) is 24.3 Å². The lowest BCUT2D eigenvalue weighted by Gasteiger charge is -2.40. The molecule has 2 saturated carbocycles. The van der Waals surface area contributed by atoms with Crippen molar-refractivity contribution in [3.63, 3.8) is 0 Å². The molecule has 2 aliphatic carbocycles. The van der Waals surface area contributed by atoms with Crippen molar-refractivity contribution in [3.8, 4) is 0 Å². The van der Waals surface area contributed by atoms with Gasteiger partial charge < -0.3 is 14.8 Å². The average molecular weight is 329 g/mol. The highest BCUT2D eigenvalue weighted by Gasteiger charge is 2.78. The molecule has 1 aromatic carbocycles. The summed E-state index contributed by atoms with van der Waals surface area (Å²) < 4.78 is 10.8. The van der Waals surface area contributed by atoms with E-state index in [-0.39, 0.29) is 22.7 Å². The van der Waals surface area contributed by atoms with Gasteiger partial charge in [0.25, 0.3) is 5.91 Å². The predicted molar refractivity (Wildman–Crippen MR) is 88.6 cm³/mol. The monoisotopic (exact) mass is 329 g/mol. The molecule has 0 spiro atoms. The Balaban J connectivity index is 1.56. The van der Waals surface area contributed by atoms with Crippen molar-refractivity contribution in [3.05, 3.63) is 29.8 Å². The summed E-state index contributed by atoms with van der Waals surface area (Å²) in [6.07, 6.45) is 3.05. The largest absolute Gasteiger partial charge is 0.465 e. The van der Waals surface area contributed by atoms with Crippen LogP contribution in [-0.2, 0) is 14.3 Å². The SMILES string of the molecule is COC(=O)c1ccc(NC(=O)[C@@]23C[C@@H]4CC[C@@]2(C)[C@@]4(C)CO3)cc1. The molecule has 24 heavy (non-hydrogen) atoms. The van der Waals surface area contributed by atoms with Crippen molar-refractivity contribution >= 4 is 17.6 Å². The van der Waals surface area contributed by atoms with Crippen LogP contribution in [-0.4, -0.2) is 31.2 Å². The summed E-state index contributed by atoms with van der Waals surface area (Å²) in [6.45, 7) is 5.16. The zero-order chi connectivity index (χ0) is 17.2. The summed E-state index contributed by atoms with van der Waals surface area (Å²) >= 11 is 0. The van der Waals surface area contributed by atoms with Gasteiger partial charge in [-0.2, -0.15) is 0 Å². The van der Waals surface area contributed by atoms with Crippen LogP contribution in [0, 0.1) is 16.7 Å². The Kier molecular flexibility index (Phi) is 3.14. The highest BCUT2D eigenvalue weighted by Crippen LogP contribution is 2.75. The first-order chi connectivity index (χ1) is 11.4. The normalized spacial score (nSPS) is 39.0. The number of nitrogens with one attached hydrogen (secondary N) is 1. The van der Waals surface area contributed by atoms with Crippen molar-refractivity contribution in [1.29, 1.82) is 0 Å². The van der Waals surface area contributed by atoms with Crippen molar-refractivity contribution in [2.24, 2.45) is 16.7 Å². The molecule has 0 radical (unpaired) electrons. The number of ether oxygens (including phenoxy) is 2. The van der Waals surface area contributed by atoms with Crippen LogP contribution in [0.25, 0.3) is 0 Å². The molecule has 128 valence electrons. The maximum atomic E-state index is 13.1. The van der Waals surface area contributed by atoms with E-state index >= 15 is 0 Å². The number of rotatable bonds is 3. The van der Waals surface area contributed by atoms with E-state index in [0.717, 1.165) is 12.8 Å². The second-order valence-corrected chi connectivity index (χ2v) is 7.83. The molecule has 1 saturated heterocycles. The van der Waals surface area contributed by atoms with Crippen molar-refractivity contribution in [2.75, 3.05) is 19.0 Å². The molecule has 0 aromatic heterocycles. The summed E-state index contributed by atoms with van der Waals surface area (Å²) in [7, 11) is 1.35. The van der Waals surface area contributed by atoms with Gasteiger partial charge in [0.2, 0.25) is 0 Å². The van der Waals surface area contributed by atoms with Crippen molar-refractivity contribution < 1.29 is 19.1 Å². The molecule has 4 bridgehead atoms. The molecule has 4 rings (SSSR count). The van der Waals surface area contributed by atoms with Crippen LogP contribution in [0.3, 0.4) is 0 Å². The van der Waals surface area contributed by atoms with E-state index in [2.05, 4.69) is 23.9 Å². The lowest BCUT2D eigenvalue weighted by Crippen LogP contribution is -2.52. The number of anilines is 1. The fourth-order valence-corrected chi connectivity index (χ4v) is 5.30. The molecule has 5 nitrogen and oxygen atoms in total. The van der Waals surface area contributed by atoms with E-state index in [1.807, 2.05) is 0 Å². The first-order valence-electron chi connectivity index (χ1n) is 8.50. The summed E-state index contributed by atoms with van der Waals surface area (Å²) in [5.41, 5.74) is 0.432. The minimum atomic E-state index is -0.717. The Bertz CT molecular complexity index is 715. The Morgan fingerprint density at radius 1 is 1.25 bits per heavy atom. The average Bonchev–Trinajstić information content (AvgIpc) is 3.06. The van der Waals surface area contributed by atoms with E-state index < -0.39 is 5.60 Å². The number of carbonyl (C=O) groups is 2. The Labute approximate surface area is 141 Å². The summed E-state index contributed by atoms with van der Waals surface area (Å²) in [4.78, 5) is 24.6. The molecule has 1 N–H and O–H groups in total. The third kappa shape index (κ3) is 1.68. The van der Waals surface area contributed by atoms with Crippen LogP contribution in [0.2, 0.25) is 0 Å². The zero-order valence-electron chi connectivity index (χ0n) is 14.3. The zero-order valence-corrected chi connectivity index (χ0v) is 14.3. The van der Waals surface area contributed by atoms with Gasteiger partial charge in [0.1, 0.15) is 0 Å². The molecular weight excluding hydrogens is 306 g/mol. The fourth-order valence-electron chi connectivity index (χ4n) is 5.30. The maximum Gasteiger partial charge on any atom is 0.337 e. The summed E-state index contributed by atoms with van der Waals surface area (Å²) in [5, 5.41) is 3.00. The van der Waals surface area contributed by atoms with Gasteiger partial charge in [-0.15, -0.1) is 0 Å². The van der Waals surface area contributed by atoms with Gasteiger partial charge in [0, 0.05) is 16.5 Å². The minimum absolute atomic E-state index is 0.0539. The molecule has 5 heteroatoms. The molecule has 4 atom stereocenters. The third-order valence-electron chi connectivity index (χ3n) is 7.13. The summed E-state index contributed by atoms with van der Waals surface area (Å²) in [6, 6.07) is 6.76. The number of carbonyl (C=O) groups excluding carboxylic acids is 2. The molecule has 1 aromatic rings. The number of hydrogen-bond acceptors (Lipinski definition) is 4. The van der Waals surface area contributed by atoms with Gasteiger partial charge in [-0.25, -0.2) is 4.79 Å². The van der Waals surface area contributed by atoms with E-state index in [0.29, 0.717) is 23.8 Å². The van der Waals surface area contributed by atoms with Crippen LogP contribution >= 0.6 is 0 Å². The Hall–Kier alpha value is -1.88. The first-order valence-corrected chi connectivity index (χ1v) is 8.50. The van der Waals surface area contributed by atoms with Gasteiger partial charge in [-0.3, -0.25) is 4.79 Å². The van der Waals surface area contributed by atoms with E-state index in [1.165, 1.54) is 13.5 Å². The predicted octanol–water partition coefficient (Wildman–Crippen LogP) is 3.01. The van der Waals surface area contributed by atoms with Gasteiger partial charge in [0.15, 0.2) is 5.60 Å². The maximum absolute atomic E-state index is 13.1. The fraction of sp³-hybridized carbons (Fsp3) is 0.579. The van der Waals surface area contributed by atoms with E-state index in [1.54, 1.807) is 24.3 Å². The quantitative estimate of drug-likeness (QED) is 0.866. The van der Waals surface area contributed by atoms with Crippen LogP contribution < -0.4 is 5.32 Å². The van der Waals surface area contributed by atoms with E-state index in [9.17, 15) is 9.59 Å². The Morgan fingerprint density at radius 2 is 1.96 bits per heavy atom. The molecule has 3 fully saturated rings. The number of amides is 1. The van der Waals surface area contributed by atoms with Crippen LogP contribution in [0.1, 0.15) is 43.5 Å². The minimum Gasteiger partial charge on any atom is -0.465 e. The van der Waals surface area contributed by atoms with Crippen molar-refractivity contribution in [1.82, 2.24) is 0 Å². The molecule has 0 unspecified atom stereocenters. The molecular formula is C19H23NO4. The number of benzene rings is 1. The lowest BCUT2D eigenvalue weighted by molar-refractivity contribution is -0.149. The van der Waals surface area contributed by atoms with Gasteiger partial charge in [-0.05, 0) is 49.4 Å². The second kappa shape index (κ2) is 4.82. The molecule has 1 amide bonds. The van der Waals surface area contributed by atoms with E-state index in [4.69, 9.17) is 4.74 Å². The number of esters is 1. The topological polar surface area (TPSA) is 64.6 Å². The highest BCUT2D eigenvalue weighted by atomic mass is 16.5. The Morgan fingerprint density at radius 3 is 2.54 bits per heavy atom. The van der Waals surface area contributed by atoms with Crippen LogP contribution in [0.4, 0.5) is 5.69 Å². The number of hydrogen-bond donors (Lipinski definition) is 1. The smallest absolute Gasteiger partial charge is 0.337 e. The highest BCUT2D eigenvalue weighted by molar-refractivity contribution is 5.99. The molecule has 3 aliphatic rings.